The van der Waals surface area contributed by atoms with Crippen LogP contribution in [0.2, 0.25) is 0 Å². The maximum absolute atomic E-state index is 5.77. The van der Waals surface area contributed by atoms with Gasteiger partial charge in [0.1, 0.15) is 5.82 Å². The minimum Gasteiger partial charge on any atom is -0.394 e. The maximum atomic E-state index is 5.77. The van der Waals surface area contributed by atoms with Gasteiger partial charge in [0, 0.05) is 12.1 Å². The summed E-state index contributed by atoms with van der Waals surface area (Å²) in [5.74, 6) is 0.777. The molecule has 0 atom stereocenters. The lowest BCUT2D eigenvalue weighted by Crippen LogP contribution is -2.07. The summed E-state index contributed by atoms with van der Waals surface area (Å²) in [4.78, 5) is 0. The van der Waals surface area contributed by atoms with E-state index in [1.54, 1.807) is 4.68 Å². The SMILES string of the molecule is C=C(Cl)CNc1c(N)c(C)nn1C. The molecule has 13 heavy (non-hydrogen) atoms. The predicted octanol–water partition coefficient (Wildman–Crippen LogP) is 1.48. The molecule has 1 aromatic rings. The minimum absolute atomic E-state index is 0.491. The third-order valence-corrected chi connectivity index (χ3v) is 1.85. The van der Waals surface area contributed by atoms with Crippen molar-refractivity contribution in [3.05, 3.63) is 17.3 Å². The van der Waals surface area contributed by atoms with Crippen molar-refractivity contribution in [1.82, 2.24) is 9.78 Å². The van der Waals surface area contributed by atoms with Crippen LogP contribution in [0.15, 0.2) is 11.6 Å². The van der Waals surface area contributed by atoms with Crippen LogP contribution in [0.4, 0.5) is 11.5 Å². The number of anilines is 2. The molecule has 1 heterocycles. The molecular formula is C8H13ClN4. The number of nitrogens with one attached hydrogen (secondary N) is 1. The van der Waals surface area contributed by atoms with Crippen LogP contribution in [0.3, 0.4) is 0 Å². The number of hydrogen-bond acceptors (Lipinski definition) is 3. The van der Waals surface area contributed by atoms with Crippen LogP contribution in [0.1, 0.15) is 5.69 Å². The molecule has 0 aromatic carbocycles. The Morgan fingerprint density at radius 2 is 2.38 bits per heavy atom. The van der Waals surface area contributed by atoms with Crippen molar-refractivity contribution in [2.75, 3.05) is 17.6 Å². The molecule has 0 spiro atoms. The summed E-state index contributed by atoms with van der Waals surface area (Å²) in [7, 11) is 1.82. The first-order valence-electron chi connectivity index (χ1n) is 3.88. The molecule has 0 amide bonds. The van der Waals surface area contributed by atoms with Crippen molar-refractivity contribution in [2.24, 2.45) is 7.05 Å². The highest BCUT2D eigenvalue weighted by atomic mass is 35.5. The minimum atomic E-state index is 0.491. The summed E-state index contributed by atoms with van der Waals surface area (Å²) in [6.07, 6.45) is 0. The van der Waals surface area contributed by atoms with Crippen molar-refractivity contribution in [2.45, 2.75) is 6.92 Å². The summed E-state index contributed by atoms with van der Waals surface area (Å²) in [6.45, 7) is 5.92. The van der Waals surface area contributed by atoms with E-state index in [0.29, 0.717) is 17.3 Å². The van der Waals surface area contributed by atoms with Crippen LogP contribution in [0.5, 0.6) is 0 Å². The lowest BCUT2D eigenvalue weighted by molar-refractivity contribution is 0.761. The number of aromatic nitrogens is 2. The Hall–Kier alpha value is -1.16. The topological polar surface area (TPSA) is 55.9 Å². The Morgan fingerprint density at radius 1 is 1.77 bits per heavy atom. The third-order valence-electron chi connectivity index (χ3n) is 1.72. The fourth-order valence-electron chi connectivity index (χ4n) is 1.06. The number of nitrogens with zero attached hydrogens (tertiary/aromatic N) is 2. The molecule has 4 nitrogen and oxygen atoms in total. The van der Waals surface area contributed by atoms with Crippen LogP contribution in [-0.4, -0.2) is 16.3 Å². The lowest BCUT2D eigenvalue weighted by Gasteiger charge is -2.05. The Bertz CT molecular complexity index is 329. The van der Waals surface area contributed by atoms with Gasteiger partial charge in [0.15, 0.2) is 0 Å². The number of nitrogen functional groups attached to an aromatic ring is 1. The summed E-state index contributed by atoms with van der Waals surface area (Å²) in [5.41, 5.74) is 7.23. The highest BCUT2D eigenvalue weighted by Gasteiger charge is 2.08. The van der Waals surface area contributed by atoms with Gasteiger partial charge in [-0.1, -0.05) is 18.2 Å². The smallest absolute Gasteiger partial charge is 0.148 e. The summed E-state index contributed by atoms with van der Waals surface area (Å²) < 4.78 is 1.69. The van der Waals surface area contributed by atoms with Gasteiger partial charge in [-0.25, -0.2) is 0 Å². The molecule has 1 rings (SSSR count). The second kappa shape index (κ2) is 3.70. The molecule has 5 heteroatoms. The molecule has 0 radical (unpaired) electrons. The van der Waals surface area contributed by atoms with E-state index < -0.39 is 0 Å². The number of halogens is 1. The molecule has 0 fully saturated rings. The van der Waals surface area contributed by atoms with Gasteiger partial charge >= 0.3 is 0 Å². The molecule has 0 aliphatic carbocycles. The number of rotatable bonds is 3. The van der Waals surface area contributed by atoms with Crippen molar-refractivity contribution in [1.29, 1.82) is 0 Å². The second-order valence-electron chi connectivity index (χ2n) is 2.84. The maximum Gasteiger partial charge on any atom is 0.148 e. The Balaban J connectivity index is 2.81. The van der Waals surface area contributed by atoms with Crippen molar-refractivity contribution in [3.63, 3.8) is 0 Å². The lowest BCUT2D eigenvalue weighted by atomic mass is 10.4. The molecule has 72 valence electrons. The normalized spacial score (nSPS) is 10.1. The first-order valence-corrected chi connectivity index (χ1v) is 4.26. The second-order valence-corrected chi connectivity index (χ2v) is 3.38. The zero-order valence-electron chi connectivity index (χ0n) is 7.76. The molecule has 0 aliphatic heterocycles. The van der Waals surface area contributed by atoms with Gasteiger partial charge in [-0.15, -0.1) is 0 Å². The monoisotopic (exact) mass is 200 g/mol. The summed E-state index contributed by atoms with van der Waals surface area (Å²) >= 11 is 5.61. The molecule has 0 bridgehead atoms. The van der Waals surface area contributed by atoms with E-state index in [1.807, 2.05) is 14.0 Å². The zero-order valence-corrected chi connectivity index (χ0v) is 8.52. The average Bonchev–Trinajstić information content (AvgIpc) is 2.24. The Morgan fingerprint density at radius 3 is 2.77 bits per heavy atom. The van der Waals surface area contributed by atoms with Crippen LogP contribution >= 0.6 is 11.6 Å². The van der Waals surface area contributed by atoms with E-state index in [1.165, 1.54) is 0 Å². The molecule has 1 aromatic heterocycles. The fraction of sp³-hybridized carbons (Fsp3) is 0.375. The number of hydrogen-bond donors (Lipinski definition) is 2. The molecule has 0 aliphatic rings. The quantitative estimate of drug-likeness (QED) is 0.777. The van der Waals surface area contributed by atoms with Crippen LogP contribution in [-0.2, 0) is 7.05 Å². The Kier molecular flexibility index (Phi) is 2.83. The average molecular weight is 201 g/mol. The molecule has 0 saturated heterocycles. The van der Waals surface area contributed by atoms with E-state index in [0.717, 1.165) is 11.5 Å². The number of nitrogens with two attached hydrogens (primary N) is 1. The number of aryl methyl sites for hydroxylation is 2. The zero-order chi connectivity index (χ0) is 10.0. The van der Waals surface area contributed by atoms with E-state index in [2.05, 4.69) is 17.0 Å². The van der Waals surface area contributed by atoms with Crippen molar-refractivity contribution in [3.8, 4) is 0 Å². The molecule has 0 saturated carbocycles. The van der Waals surface area contributed by atoms with Gasteiger partial charge in [0.2, 0.25) is 0 Å². The highest BCUT2D eigenvalue weighted by molar-refractivity contribution is 6.29. The third kappa shape index (κ3) is 2.15. The molecular weight excluding hydrogens is 188 g/mol. The fourth-order valence-corrected chi connectivity index (χ4v) is 1.13. The van der Waals surface area contributed by atoms with Gasteiger partial charge < -0.3 is 11.1 Å². The van der Waals surface area contributed by atoms with Gasteiger partial charge in [-0.2, -0.15) is 5.10 Å². The van der Waals surface area contributed by atoms with Crippen molar-refractivity contribution >= 4 is 23.1 Å². The largest absolute Gasteiger partial charge is 0.394 e. The first-order chi connectivity index (χ1) is 6.02. The first kappa shape index (κ1) is 9.92. The van der Waals surface area contributed by atoms with Crippen LogP contribution < -0.4 is 11.1 Å². The van der Waals surface area contributed by atoms with Gasteiger partial charge in [-0.05, 0) is 6.92 Å². The standard InChI is InChI=1S/C8H13ClN4/c1-5(9)4-11-8-7(10)6(2)12-13(8)3/h11H,1,4,10H2,2-3H3. The summed E-state index contributed by atoms with van der Waals surface area (Å²) in [5, 5.41) is 7.73. The highest BCUT2D eigenvalue weighted by Crippen LogP contribution is 2.20. The van der Waals surface area contributed by atoms with Gasteiger partial charge in [0.25, 0.3) is 0 Å². The molecule has 0 unspecified atom stereocenters. The van der Waals surface area contributed by atoms with Crippen LogP contribution in [0, 0.1) is 6.92 Å². The Labute approximate surface area is 82.4 Å². The van der Waals surface area contributed by atoms with E-state index in [4.69, 9.17) is 17.3 Å². The van der Waals surface area contributed by atoms with E-state index >= 15 is 0 Å². The van der Waals surface area contributed by atoms with Gasteiger partial charge in [-0.3, -0.25) is 4.68 Å². The predicted molar refractivity (Wildman–Crippen MR) is 55.8 cm³/mol. The van der Waals surface area contributed by atoms with Crippen molar-refractivity contribution < 1.29 is 0 Å². The van der Waals surface area contributed by atoms with Crippen LogP contribution in [0.25, 0.3) is 0 Å². The summed E-state index contributed by atoms with van der Waals surface area (Å²) in [6, 6.07) is 0. The van der Waals surface area contributed by atoms with E-state index in [-0.39, 0.29) is 0 Å². The van der Waals surface area contributed by atoms with E-state index in [9.17, 15) is 0 Å². The molecule has 3 N–H and O–H groups in total. The van der Waals surface area contributed by atoms with Gasteiger partial charge in [0.05, 0.1) is 17.9 Å².